The number of hydrogen-bond acceptors (Lipinski definition) is 4. The number of nitrogens with one attached hydrogen (secondary N) is 1. The van der Waals surface area contributed by atoms with Gasteiger partial charge in [-0.3, -0.25) is 10.1 Å². The minimum Gasteiger partial charge on any atom is -0.496 e. The van der Waals surface area contributed by atoms with Crippen LogP contribution < -0.4 is 10.1 Å². The molecule has 0 aliphatic rings. The highest BCUT2D eigenvalue weighted by atomic mass is 79.9. The number of benzene rings is 2. The topological polar surface area (TPSA) is 51.2 Å². The predicted molar refractivity (Wildman–Crippen MR) is 98.3 cm³/mol. The van der Waals surface area contributed by atoms with Crippen molar-refractivity contribution in [3.63, 3.8) is 0 Å². The Morgan fingerprint density at radius 1 is 1.30 bits per heavy atom. The van der Waals surface area contributed by atoms with Crippen LogP contribution in [0.5, 0.6) is 5.75 Å². The van der Waals surface area contributed by atoms with Gasteiger partial charge in [0, 0.05) is 4.47 Å². The number of amides is 1. The Balaban J connectivity index is 1.94. The van der Waals surface area contributed by atoms with Crippen molar-refractivity contribution in [1.82, 2.24) is 4.98 Å². The SMILES string of the molecule is COc1ccc(Br)cc1C(=O)Nc1nc2c(Cl)c(Cl)ccc2s1. The molecule has 0 atom stereocenters. The Labute approximate surface area is 154 Å². The summed E-state index contributed by atoms with van der Waals surface area (Å²) in [5.41, 5.74) is 0.978. The van der Waals surface area contributed by atoms with Crippen molar-refractivity contribution in [2.75, 3.05) is 12.4 Å². The maximum absolute atomic E-state index is 12.5. The quantitative estimate of drug-likeness (QED) is 0.584. The molecule has 118 valence electrons. The molecule has 0 fully saturated rings. The van der Waals surface area contributed by atoms with Gasteiger partial charge in [-0.1, -0.05) is 50.5 Å². The number of thiazole rings is 1. The van der Waals surface area contributed by atoms with E-state index in [4.69, 9.17) is 27.9 Å². The summed E-state index contributed by atoms with van der Waals surface area (Å²) in [6, 6.07) is 8.72. The number of hydrogen-bond donors (Lipinski definition) is 1. The first kappa shape index (κ1) is 16.5. The maximum Gasteiger partial charge on any atom is 0.261 e. The molecule has 0 saturated heterocycles. The summed E-state index contributed by atoms with van der Waals surface area (Å²) in [5.74, 6) is 0.164. The summed E-state index contributed by atoms with van der Waals surface area (Å²) in [5, 5.41) is 4.01. The number of rotatable bonds is 3. The van der Waals surface area contributed by atoms with Crippen LogP contribution in [0.4, 0.5) is 5.13 Å². The zero-order chi connectivity index (χ0) is 16.6. The molecular weight excluding hydrogens is 423 g/mol. The summed E-state index contributed by atoms with van der Waals surface area (Å²) >= 11 is 16.8. The number of anilines is 1. The molecule has 0 spiro atoms. The second kappa shape index (κ2) is 6.65. The van der Waals surface area contributed by atoms with Crippen LogP contribution in [0.15, 0.2) is 34.8 Å². The van der Waals surface area contributed by atoms with Crippen molar-refractivity contribution in [3.05, 3.63) is 50.4 Å². The van der Waals surface area contributed by atoms with Gasteiger partial charge in [-0.2, -0.15) is 0 Å². The Bertz CT molecular complexity index is 914. The fourth-order valence-electron chi connectivity index (χ4n) is 2.01. The summed E-state index contributed by atoms with van der Waals surface area (Å²) in [6.45, 7) is 0. The van der Waals surface area contributed by atoms with Gasteiger partial charge in [0.1, 0.15) is 11.3 Å². The Morgan fingerprint density at radius 3 is 2.83 bits per heavy atom. The standard InChI is InChI=1S/C15H9BrCl2N2O2S/c1-22-10-4-2-7(16)6-8(10)14(21)20-15-19-13-11(23-15)5-3-9(17)12(13)18/h2-6H,1H3,(H,19,20,21). The van der Waals surface area contributed by atoms with Gasteiger partial charge in [-0.15, -0.1) is 0 Å². The van der Waals surface area contributed by atoms with Gasteiger partial charge in [0.2, 0.25) is 0 Å². The van der Waals surface area contributed by atoms with E-state index in [9.17, 15) is 4.79 Å². The molecule has 0 unspecified atom stereocenters. The highest BCUT2D eigenvalue weighted by molar-refractivity contribution is 9.10. The number of halogens is 3. The first-order valence-electron chi connectivity index (χ1n) is 6.39. The third-order valence-electron chi connectivity index (χ3n) is 3.08. The normalized spacial score (nSPS) is 10.8. The van der Waals surface area contributed by atoms with E-state index in [0.717, 1.165) is 9.17 Å². The highest BCUT2D eigenvalue weighted by Crippen LogP contribution is 2.35. The Hall–Kier alpha value is -1.34. The molecule has 3 rings (SSSR count). The van der Waals surface area contributed by atoms with Gasteiger partial charge < -0.3 is 4.74 Å². The molecule has 8 heteroatoms. The largest absolute Gasteiger partial charge is 0.496 e. The van der Waals surface area contributed by atoms with E-state index in [1.807, 2.05) is 6.07 Å². The molecule has 0 aliphatic heterocycles. The number of aromatic nitrogens is 1. The minimum atomic E-state index is -0.315. The smallest absolute Gasteiger partial charge is 0.261 e. The molecule has 0 bridgehead atoms. The molecule has 1 N–H and O–H groups in total. The van der Waals surface area contributed by atoms with Crippen LogP contribution in [0.1, 0.15) is 10.4 Å². The third-order valence-corrected chi connectivity index (χ3v) is 5.30. The lowest BCUT2D eigenvalue weighted by atomic mass is 10.2. The van der Waals surface area contributed by atoms with Crippen LogP contribution in [0.2, 0.25) is 10.0 Å². The van der Waals surface area contributed by atoms with E-state index in [1.165, 1.54) is 18.4 Å². The first-order valence-corrected chi connectivity index (χ1v) is 8.75. The molecule has 3 aromatic rings. The maximum atomic E-state index is 12.5. The van der Waals surface area contributed by atoms with E-state index in [-0.39, 0.29) is 5.91 Å². The fraction of sp³-hybridized carbons (Fsp3) is 0.0667. The van der Waals surface area contributed by atoms with Gasteiger partial charge in [0.05, 0.1) is 27.4 Å². The lowest BCUT2D eigenvalue weighted by molar-refractivity contribution is 0.102. The molecule has 0 saturated carbocycles. The fourth-order valence-corrected chi connectivity index (χ4v) is 3.66. The number of carbonyl (C=O) groups excluding carboxylic acids is 1. The molecule has 0 radical (unpaired) electrons. The Morgan fingerprint density at radius 2 is 2.09 bits per heavy atom. The number of methoxy groups -OCH3 is 1. The molecule has 2 aromatic carbocycles. The van der Waals surface area contributed by atoms with Crippen molar-refractivity contribution in [3.8, 4) is 5.75 Å². The van der Waals surface area contributed by atoms with Crippen LogP contribution in [0.3, 0.4) is 0 Å². The lowest BCUT2D eigenvalue weighted by Crippen LogP contribution is -2.13. The van der Waals surface area contributed by atoms with Crippen molar-refractivity contribution < 1.29 is 9.53 Å². The lowest BCUT2D eigenvalue weighted by Gasteiger charge is -2.08. The van der Waals surface area contributed by atoms with Crippen molar-refractivity contribution in [1.29, 1.82) is 0 Å². The Kier molecular flexibility index (Phi) is 4.77. The molecule has 23 heavy (non-hydrogen) atoms. The molecule has 1 heterocycles. The number of carbonyl (C=O) groups is 1. The number of nitrogens with zero attached hydrogens (tertiary/aromatic N) is 1. The third kappa shape index (κ3) is 3.30. The van der Waals surface area contributed by atoms with E-state index < -0.39 is 0 Å². The van der Waals surface area contributed by atoms with E-state index in [1.54, 1.807) is 24.3 Å². The van der Waals surface area contributed by atoms with Crippen molar-refractivity contribution in [2.24, 2.45) is 0 Å². The predicted octanol–water partition coefficient (Wildman–Crippen LogP) is 5.63. The molecule has 1 aromatic heterocycles. The average Bonchev–Trinajstić information content (AvgIpc) is 2.94. The van der Waals surface area contributed by atoms with Crippen molar-refractivity contribution >= 4 is 71.7 Å². The second-order valence-electron chi connectivity index (χ2n) is 4.53. The highest BCUT2D eigenvalue weighted by Gasteiger charge is 2.16. The average molecular weight is 432 g/mol. The van der Waals surface area contributed by atoms with Gasteiger partial charge >= 0.3 is 0 Å². The van der Waals surface area contributed by atoms with Crippen LogP contribution in [0.25, 0.3) is 10.2 Å². The van der Waals surface area contributed by atoms with Gasteiger partial charge in [-0.05, 0) is 30.3 Å². The van der Waals surface area contributed by atoms with E-state index in [2.05, 4.69) is 26.2 Å². The van der Waals surface area contributed by atoms with E-state index in [0.29, 0.717) is 32.0 Å². The summed E-state index contributed by atoms with van der Waals surface area (Å²) in [7, 11) is 1.51. The summed E-state index contributed by atoms with van der Waals surface area (Å²) in [4.78, 5) is 16.8. The molecule has 4 nitrogen and oxygen atoms in total. The van der Waals surface area contributed by atoms with Gasteiger partial charge in [-0.25, -0.2) is 4.98 Å². The van der Waals surface area contributed by atoms with E-state index >= 15 is 0 Å². The zero-order valence-electron chi connectivity index (χ0n) is 11.7. The van der Waals surface area contributed by atoms with Crippen LogP contribution in [-0.4, -0.2) is 18.0 Å². The van der Waals surface area contributed by atoms with Gasteiger partial charge in [0.15, 0.2) is 5.13 Å². The monoisotopic (exact) mass is 430 g/mol. The molecule has 1 amide bonds. The number of ether oxygens (including phenoxy) is 1. The summed E-state index contributed by atoms with van der Waals surface area (Å²) in [6.07, 6.45) is 0. The van der Waals surface area contributed by atoms with Gasteiger partial charge in [0.25, 0.3) is 5.91 Å². The zero-order valence-corrected chi connectivity index (χ0v) is 15.6. The molecule has 0 aliphatic carbocycles. The first-order chi connectivity index (χ1) is 11.0. The van der Waals surface area contributed by atoms with Crippen LogP contribution in [-0.2, 0) is 0 Å². The second-order valence-corrected chi connectivity index (χ2v) is 7.26. The van der Waals surface area contributed by atoms with Crippen molar-refractivity contribution in [2.45, 2.75) is 0 Å². The molecular formula is C15H9BrCl2N2O2S. The number of fused-ring (bicyclic) bond motifs is 1. The summed E-state index contributed by atoms with van der Waals surface area (Å²) < 4.78 is 6.84. The van der Waals surface area contributed by atoms with Crippen LogP contribution in [0, 0.1) is 0 Å². The van der Waals surface area contributed by atoms with Crippen LogP contribution >= 0.6 is 50.5 Å². The minimum absolute atomic E-state index is 0.315.